The topological polar surface area (TPSA) is 36.4 Å². The van der Waals surface area contributed by atoms with Gasteiger partial charge in [0.15, 0.2) is 17.3 Å². The van der Waals surface area contributed by atoms with Crippen molar-refractivity contribution in [1.29, 1.82) is 0 Å². The van der Waals surface area contributed by atoms with Crippen LogP contribution in [0.25, 0.3) is 0 Å². The SMILES string of the molecule is CN1CCN(c2cccc(C(=O)[ClH+])n2)CC1. The Labute approximate surface area is 99.8 Å². The quantitative estimate of drug-likeness (QED) is 0.695. The second-order valence-corrected chi connectivity index (χ2v) is 4.33. The van der Waals surface area contributed by atoms with Crippen molar-refractivity contribution in [3.63, 3.8) is 0 Å². The molecule has 4 nitrogen and oxygen atoms in total. The zero-order valence-corrected chi connectivity index (χ0v) is 10.0. The lowest BCUT2D eigenvalue weighted by Crippen LogP contribution is -2.44. The molecular weight excluding hydrogens is 226 g/mol. The van der Waals surface area contributed by atoms with Crippen LogP contribution in [-0.4, -0.2) is 48.4 Å². The van der Waals surface area contributed by atoms with Gasteiger partial charge in [0.25, 0.3) is 0 Å². The maximum Gasteiger partial charge on any atom is 0.449 e. The first-order valence-corrected chi connectivity index (χ1v) is 5.69. The average Bonchev–Trinajstić information content (AvgIpc) is 2.30. The molecular formula is C11H15ClN3O+. The summed E-state index contributed by atoms with van der Waals surface area (Å²) in [5.74, 6) is 0.851. The van der Waals surface area contributed by atoms with Gasteiger partial charge in [0, 0.05) is 26.2 Å². The highest BCUT2D eigenvalue weighted by molar-refractivity contribution is 5.83. The van der Waals surface area contributed by atoms with E-state index in [1.807, 2.05) is 12.1 Å². The Bertz CT molecular complexity index is 389. The van der Waals surface area contributed by atoms with Crippen molar-refractivity contribution in [1.82, 2.24) is 9.88 Å². The van der Waals surface area contributed by atoms with Gasteiger partial charge in [-0.3, -0.25) is 0 Å². The number of piperazine rings is 1. The van der Waals surface area contributed by atoms with Gasteiger partial charge in [0.05, 0.1) is 0 Å². The standard InChI is InChI=1S/C11H15ClN3O/c1-14-5-7-15(8-6-14)10-4-2-3-9(13-10)11(12)16/h2-4,12H,5-8H2,1H3/q+1. The first kappa shape index (κ1) is 11.4. The molecule has 0 aromatic carbocycles. The van der Waals surface area contributed by atoms with Gasteiger partial charge in [0.2, 0.25) is 0 Å². The van der Waals surface area contributed by atoms with E-state index in [1.165, 1.54) is 0 Å². The monoisotopic (exact) mass is 240 g/mol. The molecule has 0 radical (unpaired) electrons. The third-order valence-electron chi connectivity index (χ3n) is 2.77. The minimum atomic E-state index is -0.393. The number of carbonyl (C=O) groups is 1. The fourth-order valence-corrected chi connectivity index (χ4v) is 1.86. The largest absolute Gasteiger partial charge is 0.449 e. The summed E-state index contributed by atoms with van der Waals surface area (Å²) in [7, 11) is 2.11. The normalized spacial score (nSPS) is 17.5. The van der Waals surface area contributed by atoms with Gasteiger partial charge in [-0.1, -0.05) is 6.07 Å². The molecule has 0 saturated carbocycles. The fourth-order valence-electron chi connectivity index (χ4n) is 1.75. The van der Waals surface area contributed by atoms with Crippen LogP contribution in [0, 0.1) is 11.6 Å². The Morgan fingerprint density at radius 1 is 1.31 bits per heavy atom. The van der Waals surface area contributed by atoms with Crippen molar-refractivity contribution < 1.29 is 16.4 Å². The Morgan fingerprint density at radius 2 is 2.00 bits per heavy atom. The fraction of sp³-hybridized carbons (Fsp3) is 0.455. The summed E-state index contributed by atoms with van der Waals surface area (Å²) in [6, 6.07) is 5.42. The molecule has 2 heterocycles. The zero-order valence-electron chi connectivity index (χ0n) is 9.22. The summed E-state index contributed by atoms with van der Waals surface area (Å²) in [6.45, 7) is 3.93. The molecule has 0 bridgehead atoms. The third kappa shape index (κ3) is 2.51. The lowest BCUT2D eigenvalue weighted by atomic mass is 10.3. The number of pyridine rings is 1. The van der Waals surface area contributed by atoms with E-state index in [0.717, 1.165) is 32.0 Å². The smallest absolute Gasteiger partial charge is 0.354 e. The molecule has 0 amide bonds. The Hall–Kier alpha value is -1.13. The van der Waals surface area contributed by atoms with Crippen molar-refractivity contribution in [2.45, 2.75) is 0 Å². The molecule has 0 spiro atoms. The third-order valence-corrected chi connectivity index (χ3v) is 2.98. The van der Waals surface area contributed by atoms with Crippen molar-refractivity contribution in [3.8, 4) is 0 Å². The molecule has 16 heavy (non-hydrogen) atoms. The van der Waals surface area contributed by atoms with Gasteiger partial charge < -0.3 is 9.80 Å². The molecule has 2 rings (SSSR count). The molecule has 1 fully saturated rings. The molecule has 0 aliphatic carbocycles. The van der Waals surface area contributed by atoms with Gasteiger partial charge in [-0.25, -0.2) is 9.78 Å². The number of likely N-dealkylation sites (N-methyl/N-ethyl adjacent to an activating group) is 1. The van der Waals surface area contributed by atoms with Gasteiger partial charge >= 0.3 is 5.24 Å². The van der Waals surface area contributed by atoms with Gasteiger partial charge in [0.1, 0.15) is 5.82 Å². The lowest BCUT2D eigenvalue weighted by Gasteiger charge is -2.33. The maximum absolute atomic E-state index is 11.1. The molecule has 0 unspecified atom stereocenters. The highest BCUT2D eigenvalue weighted by Gasteiger charge is 2.18. The summed E-state index contributed by atoms with van der Waals surface area (Å²) < 4.78 is 0. The van der Waals surface area contributed by atoms with Crippen LogP contribution >= 0.6 is 0 Å². The number of rotatable bonds is 2. The minimum Gasteiger partial charge on any atom is -0.354 e. The van der Waals surface area contributed by atoms with Crippen LogP contribution in [0.1, 0.15) is 10.5 Å². The van der Waals surface area contributed by atoms with E-state index in [-0.39, 0.29) is 0 Å². The van der Waals surface area contributed by atoms with Crippen LogP contribution in [0.15, 0.2) is 18.2 Å². The summed E-state index contributed by atoms with van der Waals surface area (Å²) in [5.41, 5.74) is 0.367. The number of hydrogen-bond acceptors (Lipinski definition) is 4. The highest BCUT2D eigenvalue weighted by Crippen LogP contribution is 2.13. The number of halogens is 1. The molecule has 1 saturated heterocycles. The van der Waals surface area contributed by atoms with Crippen molar-refractivity contribution >= 4 is 11.1 Å². The Kier molecular flexibility index (Phi) is 3.41. The van der Waals surface area contributed by atoms with Crippen LogP contribution in [0.4, 0.5) is 5.82 Å². The maximum atomic E-state index is 11.1. The molecule has 5 heteroatoms. The van der Waals surface area contributed by atoms with E-state index >= 15 is 0 Å². The zero-order chi connectivity index (χ0) is 11.5. The van der Waals surface area contributed by atoms with Crippen LogP contribution in [0.3, 0.4) is 0 Å². The summed E-state index contributed by atoms with van der Waals surface area (Å²) in [6.07, 6.45) is 0. The summed E-state index contributed by atoms with van der Waals surface area (Å²) in [4.78, 5) is 19.8. The lowest BCUT2D eigenvalue weighted by molar-refractivity contribution is -0.255. The molecule has 1 aromatic heterocycles. The number of carbonyl (C=O) groups excluding carboxylic acids is 1. The minimum absolute atomic E-state index is 0.367. The number of hydrogen-bond donors (Lipinski definition) is 0. The molecule has 86 valence electrons. The second kappa shape index (κ2) is 4.80. The molecule has 0 N–H and O–H groups in total. The van der Waals surface area contributed by atoms with E-state index in [0.29, 0.717) is 5.69 Å². The average molecular weight is 241 g/mol. The number of anilines is 1. The van der Waals surface area contributed by atoms with Gasteiger partial charge in [-0.05, 0) is 19.2 Å². The van der Waals surface area contributed by atoms with Crippen molar-refractivity contribution in [2.24, 2.45) is 0 Å². The van der Waals surface area contributed by atoms with Crippen LogP contribution in [0.5, 0.6) is 0 Å². The van der Waals surface area contributed by atoms with Crippen molar-refractivity contribution in [3.05, 3.63) is 23.9 Å². The number of nitrogens with zero attached hydrogens (tertiary/aromatic N) is 3. The molecule has 1 aromatic rings. The molecule has 1 aliphatic heterocycles. The van der Waals surface area contributed by atoms with Gasteiger partial charge in [-0.2, -0.15) is 0 Å². The van der Waals surface area contributed by atoms with Crippen LogP contribution in [0.2, 0.25) is 0 Å². The van der Waals surface area contributed by atoms with Crippen LogP contribution in [-0.2, 0) is 0 Å². The Balaban J connectivity index is 2.14. The summed E-state index contributed by atoms with van der Waals surface area (Å²) in [5, 5.41) is -0.393. The predicted molar refractivity (Wildman–Crippen MR) is 59.7 cm³/mol. The van der Waals surface area contributed by atoms with E-state index < -0.39 is 5.24 Å². The van der Waals surface area contributed by atoms with E-state index in [2.05, 4.69) is 33.4 Å². The van der Waals surface area contributed by atoms with Gasteiger partial charge in [-0.15, -0.1) is 0 Å². The van der Waals surface area contributed by atoms with E-state index in [9.17, 15) is 4.79 Å². The second-order valence-electron chi connectivity index (χ2n) is 3.96. The van der Waals surface area contributed by atoms with E-state index in [1.54, 1.807) is 6.07 Å². The number of aromatic nitrogens is 1. The first-order valence-electron chi connectivity index (χ1n) is 5.29. The van der Waals surface area contributed by atoms with Crippen LogP contribution < -0.4 is 4.90 Å². The predicted octanol–water partition coefficient (Wildman–Crippen LogP) is 0.255. The first-order chi connectivity index (χ1) is 7.66. The highest BCUT2D eigenvalue weighted by atomic mass is 35.5. The van der Waals surface area contributed by atoms with Crippen molar-refractivity contribution in [2.75, 3.05) is 38.1 Å². The molecule has 1 aliphatic rings. The molecule has 0 atom stereocenters. The summed E-state index contributed by atoms with van der Waals surface area (Å²) >= 11 is 4.60. The van der Waals surface area contributed by atoms with E-state index in [4.69, 9.17) is 0 Å². The Morgan fingerprint density at radius 3 is 2.62 bits per heavy atom.